The van der Waals surface area contributed by atoms with Crippen LogP contribution in [-0.4, -0.2) is 40.0 Å². The van der Waals surface area contributed by atoms with E-state index >= 15 is 0 Å². The van der Waals surface area contributed by atoms with Crippen LogP contribution in [0.4, 0.5) is 0 Å². The molecule has 0 amide bonds. The Labute approximate surface area is 143 Å². The number of benzene rings is 1. The maximum absolute atomic E-state index is 9.93. The molecule has 24 heavy (non-hydrogen) atoms. The van der Waals surface area contributed by atoms with E-state index in [-0.39, 0.29) is 12.1 Å². The Bertz CT molecular complexity index is 617. The highest BCUT2D eigenvalue weighted by Gasteiger charge is 2.12. The van der Waals surface area contributed by atoms with Crippen LogP contribution in [-0.2, 0) is 12.8 Å². The summed E-state index contributed by atoms with van der Waals surface area (Å²) in [5.74, 6) is 2.07. The molecular weight excluding hydrogens is 306 g/mol. The number of hydrogen-bond donors (Lipinski definition) is 2. The molecule has 0 aliphatic rings. The van der Waals surface area contributed by atoms with Crippen molar-refractivity contribution in [1.82, 2.24) is 15.5 Å². The van der Waals surface area contributed by atoms with Gasteiger partial charge in [-0.15, -0.1) is 0 Å². The van der Waals surface area contributed by atoms with Crippen LogP contribution in [0.2, 0.25) is 0 Å². The fourth-order valence-corrected chi connectivity index (χ4v) is 2.13. The number of aliphatic hydroxyl groups is 1. The number of ether oxygens (including phenoxy) is 1. The molecule has 6 nitrogen and oxygen atoms in total. The second-order valence-electron chi connectivity index (χ2n) is 6.97. The average Bonchev–Trinajstić information content (AvgIpc) is 2.95. The first-order chi connectivity index (χ1) is 11.3. The minimum absolute atomic E-state index is 0.0140. The zero-order valence-corrected chi connectivity index (χ0v) is 14.9. The summed E-state index contributed by atoms with van der Waals surface area (Å²) in [6.07, 6.45) is 1.05. The number of rotatable bonds is 8. The maximum Gasteiger partial charge on any atom is 0.223 e. The van der Waals surface area contributed by atoms with Crippen molar-refractivity contribution in [3.8, 4) is 5.75 Å². The molecular formula is C18H27N3O3. The van der Waals surface area contributed by atoms with Gasteiger partial charge in [-0.05, 0) is 44.9 Å². The molecule has 1 atom stereocenters. The number of aliphatic hydroxyl groups excluding tert-OH is 1. The van der Waals surface area contributed by atoms with Crippen LogP contribution in [0.1, 0.15) is 38.0 Å². The van der Waals surface area contributed by atoms with Crippen LogP contribution < -0.4 is 10.1 Å². The molecule has 1 heterocycles. The fourth-order valence-electron chi connectivity index (χ4n) is 2.13. The van der Waals surface area contributed by atoms with Gasteiger partial charge in [0, 0.05) is 25.4 Å². The smallest absolute Gasteiger partial charge is 0.223 e. The molecule has 1 aromatic heterocycles. The highest BCUT2D eigenvalue weighted by atomic mass is 16.5. The molecule has 1 aromatic carbocycles. The molecule has 0 saturated heterocycles. The van der Waals surface area contributed by atoms with Crippen LogP contribution in [0.3, 0.4) is 0 Å². The number of β-amino-alcohol motifs (C(OH)–C–C–N with tert-alkyl or cyclic N) is 1. The first kappa shape index (κ1) is 18.4. The van der Waals surface area contributed by atoms with Gasteiger partial charge in [-0.2, -0.15) is 4.98 Å². The lowest BCUT2D eigenvalue weighted by atomic mass is 10.1. The highest BCUT2D eigenvalue weighted by molar-refractivity contribution is 5.27. The Hall–Kier alpha value is -1.92. The number of nitrogens with one attached hydrogen (secondary N) is 1. The third-order valence-corrected chi connectivity index (χ3v) is 3.44. The zero-order chi connectivity index (χ0) is 17.6. The second-order valence-corrected chi connectivity index (χ2v) is 6.97. The predicted molar refractivity (Wildman–Crippen MR) is 92.1 cm³/mol. The lowest BCUT2D eigenvalue weighted by Gasteiger charge is -2.23. The van der Waals surface area contributed by atoms with Crippen LogP contribution >= 0.6 is 0 Å². The van der Waals surface area contributed by atoms with Gasteiger partial charge in [-0.1, -0.05) is 17.3 Å². The van der Waals surface area contributed by atoms with Gasteiger partial charge in [0.2, 0.25) is 5.89 Å². The molecule has 0 fully saturated rings. The topological polar surface area (TPSA) is 80.4 Å². The summed E-state index contributed by atoms with van der Waals surface area (Å²) in [5, 5.41) is 17.1. The van der Waals surface area contributed by atoms with E-state index in [0.717, 1.165) is 24.4 Å². The van der Waals surface area contributed by atoms with Gasteiger partial charge in [-0.25, -0.2) is 0 Å². The van der Waals surface area contributed by atoms with E-state index in [0.29, 0.717) is 12.4 Å². The zero-order valence-electron chi connectivity index (χ0n) is 14.9. The molecule has 0 radical (unpaired) electrons. The Morgan fingerprint density at radius 1 is 1.21 bits per heavy atom. The van der Waals surface area contributed by atoms with E-state index in [1.165, 1.54) is 5.56 Å². The van der Waals surface area contributed by atoms with Crippen molar-refractivity contribution in [1.29, 1.82) is 0 Å². The summed E-state index contributed by atoms with van der Waals surface area (Å²) in [6.45, 7) is 8.75. The standard InChI is InChI=1S/C18H27N3O3/c1-13-20-17(21-24-13)10-7-14-5-8-16(9-6-14)23-12-15(22)11-19-18(2,3)4/h5-6,8-9,15,19,22H,7,10-12H2,1-4H3/t15-/m0/s1. The van der Waals surface area contributed by atoms with Crippen LogP contribution in [0.5, 0.6) is 5.75 Å². The SMILES string of the molecule is Cc1nc(CCc2ccc(OC[C@@H](O)CNC(C)(C)C)cc2)no1. The quantitative estimate of drug-likeness (QED) is 0.771. The van der Waals surface area contributed by atoms with Gasteiger partial charge in [0.25, 0.3) is 0 Å². The summed E-state index contributed by atoms with van der Waals surface area (Å²) in [6, 6.07) is 7.87. The number of aryl methyl sites for hydroxylation is 3. The van der Waals surface area contributed by atoms with E-state index in [1.54, 1.807) is 6.92 Å². The highest BCUT2D eigenvalue weighted by Crippen LogP contribution is 2.14. The number of aromatic nitrogens is 2. The lowest BCUT2D eigenvalue weighted by Crippen LogP contribution is -2.42. The van der Waals surface area contributed by atoms with E-state index in [9.17, 15) is 5.11 Å². The van der Waals surface area contributed by atoms with Gasteiger partial charge in [0.15, 0.2) is 5.82 Å². The molecule has 6 heteroatoms. The van der Waals surface area contributed by atoms with Crippen LogP contribution in [0, 0.1) is 6.92 Å². The molecule has 2 aromatic rings. The van der Waals surface area contributed by atoms with E-state index in [4.69, 9.17) is 9.26 Å². The Morgan fingerprint density at radius 3 is 2.50 bits per heavy atom. The normalized spacial score (nSPS) is 13.0. The molecule has 0 bridgehead atoms. The summed E-state index contributed by atoms with van der Waals surface area (Å²) >= 11 is 0. The van der Waals surface area contributed by atoms with Gasteiger partial charge in [0.1, 0.15) is 18.5 Å². The van der Waals surface area contributed by atoms with Crippen molar-refractivity contribution < 1.29 is 14.4 Å². The van der Waals surface area contributed by atoms with E-state index in [2.05, 4.69) is 36.2 Å². The van der Waals surface area contributed by atoms with Crippen molar-refractivity contribution in [3.63, 3.8) is 0 Å². The second kappa shape index (κ2) is 8.26. The van der Waals surface area contributed by atoms with Crippen molar-refractivity contribution in [2.24, 2.45) is 0 Å². The molecule has 0 aliphatic carbocycles. The number of nitrogens with zero attached hydrogens (tertiary/aromatic N) is 2. The van der Waals surface area contributed by atoms with Crippen molar-refractivity contribution >= 4 is 0 Å². The molecule has 2 N–H and O–H groups in total. The lowest BCUT2D eigenvalue weighted by molar-refractivity contribution is 0.100. The molecule has 2 rings (SSSR count). The van der Waals surface area contributed by atoms with Gasteiger partial charge >= 0.3 is 0 Å². The third kappa shape index (κ3) is 6.68. The Morgan fingerprint density at radius 2 is 1.92 bits per heavy atom. The molecule has 0 unspecified atom stereocenters. The molecule has 0 aliphatic heterocycles. The van der Waals surface area contributed by atoms with Crippen molar-refractivity contribution in [2.75, 3.05) is 13.2 Å². The Kier molecular flexibility index (Phi) is 6.34. The summed E-state index contributed by atoms with van der Waals surface area (Å²) < 4.78 is 10.6. The first-order valence-electron chi connectivity index (χ1n) is 8.26. The van der Waals surface area contributed by atoms with E-state index in [1.807, 2.05) is 24.3 Å². The van der Waals surface area contributed by atoms with Crippen LogP contribution in [0.15, 0.2) is 28.8 Å². The summed E-state index contributed by atoms with van der Waals surface area (Å²) in [5.41, 5.74) is 1.17. The van der Waals surface area contributed by atoms with Crippen molar-refractivity contribution in [2.45, 2.75) is 52.2 Å². The third-order valence-electron chi connectivity index (χ3n) is 3.44. The van der Waals surface area contributed by atoms with Gasteiger partial charge in [0.05, 0.1) is 0 Å². The fraction of sp³-hybridized carbons (Fsp3) is 0.556. The molecule has 0 saturated carbocycles. The van der Waals surface area contributed by atoms with Crippen LogP contribution in [0.25, 0.3) is 0 Å². The predicted octanol–water partition coefficient (Wildman–Crippen LogP) is 2.29. The van der Waals surface area contributed by atoms with Gasteiger partial charge < -0.3 is 19.7 Å². The largest absolute Gasteiger partial charge is 0.491 e. The van der Waals surface area contributed by atoms with E-state index < -0.39 is 6.10 Å². The minimum atomic E-state index is -0.537. The monoisotopic (exact) mass is 333 g/mol. The molecule has 132 valence electrons. The van der Waals surface area contributed by atoms with Crippen molar-refractivity contribution in [3.05, 3.63) is 41.5 Å². The number of hydrogen-bond acceptors (Lipinski definition) is 6. The molecule has 0 spiro atoms. The Balaban J connectivity index is 1.73. The average molecular weight is 333 g/mol. The summed E-state index contributed by atoms with van der Waals surface area (Å²) in [7, 11) is 0. The minimum Gasteiger partial charge on any atom is -0.491 e. The first-order valence-corrected chi connectivity index (χ1v) is 8.26. The maximum atomic E-state index is 9.93. The summed E-state index contributed by atoms with van der Waals surface area (Å²) in [4.78, 5) is 4.19. The van der Waals surface area contributed by atoms with Gasteiger partial charge in [-0.3, -0.25) is 0 Å².